The van der Waals surface area contributed by atoms with E-state index in [0.29, 0.717) is 5.78 Å². The van der Waals surface area contributed by atoms with Gasteiger partial charge < -0.3 is 22.1 Å². The lowest BCUT2D eigenvalue weighted by Crippen LogP contribution is -2.19. The van der Waals surface area contributed by atoms with Crippen molar-refractivity contribution in [3.63, 3.8) is 0 Å². The first-order valence-electron chi connectivity index (χ1n) is 16.4. The molecule has 2 atom stereocenters. The van der Waals surface area contributed by atoms with E-state index in [2.05, 4.69) is 145 Å². The Kier molecular flexibility index (Phi) is 20.0. The third-order valence-corrected chi connectivity index (χ3v) is 8.64. The van der Waals surface area contributed by atoms with Gasteiger partial charge in [0, 0.05) is 30.3 Å². The van der Waals surface area contributed by atoms with Crippen LogP contribution in [0.5, 0.6) is 0 Å². The normalized spacial score (nSPS) is 11.7. The minimum atomic E-state index is -0.234. The number of allylic oxidation sites excluding steroid dienone is 3. The number of nitrogens with two attached hydrogens (primary N) is 2. The van der Waals surface area contributed by atoms with Crippen molar-refractivity contribution in [1.82, 2.24) is 5.32 Å². The number of nitrogens with one attached hydrogen (secondary N) is 2. The Morgan fingerprint density at radius 2 is 1.47 bits per heavy atom. The van der Waals surface area contributed by atoms with Gasteiger partial charge in [-0.3, -0.25) is 0 Å². The molecule has 256 valence electrons. The number of anilines is 1. The van der Waals surface area contributed by atoms with Crippen molar-refractivity contribution in [3.05, 3.63) is 187 Å². The van der Waals surface area contributed by atoms with Gasteiger partial charge in [0.25, 0.3) is 0 Å². The number of rotatable bonds is 13. The maximum atomic E-state index is 13.4. The average molecular weight is 675 g/mol. The van der Waals surface area contributed by atoms with Crippen LogP contribution in [0.2, 0.25) is 0 Å². The van der Waals surface area contributed by atoms with Crippen LogP contribution < -0.4 is 22.1 Å². The first-order valence-corrected chi connectivity index (χ1v) is 18.7. The fraction of sp³-hybridized carbons (Fsp3) is 0.209. The standard InChI is InChI=1S/C39H42FN2P.2C2H5N/c1-4-5-7-22-38(42-37-25-23-36(40)24-26-37)29-34-20-12-18-31(27-34)14-10-11-15-32-19-13-21-35(28-32)39(43(2)3)41-30-33-16-8-6-9-17-33;2*1-2-3/h4-9,12-13,16-28,38-39,41-42H,11,15,29-30H2,1-3H3;2*2H,1,3H2/b5-4+,22-7+;;. The zero-order valence-electron chi connectivity index (χ0n) is 29.2. The van der Waals surface area contributed by atoms with Crippen LogP contribution in [0.1, 0.15) is 46.9 Å². The average Bonchev–Trinajstić information content (AvgIpc) is 3.09. The quantitative estimate of drug-likeness (QED) is 0.0647. The molecule has 0 aliphatic heterocycles. The highest BCUT2D eigenvalue weighted by Crippen LogP contribution is 2.43. The third kappa shape index (κ3) is 16.7. The van der Waals surface area contributed by atoms with Crippen LogP contribution in [0.25, 0.3) is 0 Å². The molecule has 0 spiro atoms. The van der Waals surface area contributed by atoms with Crippen LogP contribution in [0, 0.1) is 17.7 Å². The Morgan fingerprint density at radius 3 is 2.14 bits per heavy atom. The Hall–Kier alpha value is -4.88. The van der Waals surface area contributed by atoms with Crippen LogP contribution in [0.15, 0.2) is 153 Å². The molecule has 6 heteroatoms. The number of hydrogen-bond acceptors (Lipinski definition) is 4. The molecule has 0 bridgehead atoms. The second-order valence-corrected chi connectivity index (χ2v) is 13.8. The lowest BCUT2D eigenvalue weighted by atomic mass is 10.0. The van der Waals surface area contributed by atoms with Crippen molar-refractivity contribution in [2.45, 2.75) is 44.6 Å². The van der Waals surface area contributed by atoms with E-state index < -0.39 is 0 Å². The minimum Gasteiger partial charge on any atom is -0.405 e. The van der Waals surface area contributed by atoms with Gasteiger partial charge in [-0.05, 0) is 104 Å². The zero-order valence-corrected chi connectivity index (χ0v) is 30.1. The Labute approximate surface area is 295 Å². The summed E-state index contributed by atoms with van der Waals surface area (Å²) in [5.74, 6) is 6.91. The molecule has 4 aromatic rings. The van der Waals surface area contributed by atoms with Crippen LogP contribution in [-0.2, 0) is 19.4 Å². The summed E-state index contributed by atoms with van der Waals surface area (Å²) >= 11 is 0. The minimum absolute atomic E-state index is 0.0652. The Bertz CT molecular complexity index is 1630. The number of aryl methyl sites for hydroxylation is 1. The predicted octanol–water partition coefficient (Wildman–Crippen LogP) is 9.67. The summed E-state index contributed by atoms with van der Waals surface area (Å²) in [6, 6.07) is 34.6. The first kappa shape index (κ1) is 40.3. The summed E-state index contributed by atoms with van der Waals surface area (Å²) in [5.41, 5.74) is 16.3. The molecular weight excluding hydrogens is 622 g/mol. The fourth-order valence-corrected chi connectivity index (χ4v) is 6.18. The van der Waals surface area contributed by atoms with Crippen molar-refractivity contribution in [2.24, 2.45) is 11.5 Å². The lowest BCUT2D eigenvalue weighted by molar-refractivity contribution is 0.628. The van der Waals surface area contributed by atoms with Gasteiger partial charge in [0.15, 0.2) is 0 Å². The second kappa shape index (κ2) is 24.3. The summed E-state index contributed by atoms with van der Waals surface area (Å²) in [7, 11) is -0.192. The van der Waals surface area contributed by atoms with Gasteiger partial charge >= 0.3 is 0 Å². The van der Waals surface area contributed by atoms with Crippen molar-refractivity contribution in [3.8, 4) is 11.8 Å². The summed E-state index contributed by atoms with van der Waals surface area (Å²) in [5, 5.41) is 7.30. The van der Waals surface area contributed by atoms with E-state index >= 15 is 0 Å². The van der Waals surface area contributed by atoms with Gasteiger partial charge in [0.1, 0.15) is 5.82 Å². The molecule has 0 aliphatic rings. The first-order chi connectivity index (χ1) is 23.8. The lowest BCUT2D eigenvalue weighted by Gasteiger charge is -2.24. The zero-order chi connectivity index (χ0) is 35.7. The van der Waals surface area contributed by atoms with Crippen molar-refractivity contribution in [1.29, 1.82) is 0 Å². The molecular formula is C43H52FN4P. The molecule has 0 aliphatic carbocycles. The Balaban J connectivity index is 0.00000129. The molecule has 2 unspecified atom stereocenters. The highest BCUT2D eigenvalue weighted by atomic mass is 31.1. The number of benzene rings is 4. The topological polar surface area (TPSA) is 76.1 Å². The summed E-state index contributed by atoms with van der Waals surface area (Å²) < 4.78 is 13.4. The molecule has 0 aromatic heterocycles. The molecule has 6 N–H and O–H groups in total. The van der Waals surface area contributed by atoms with E-state index in [9.17, 15) is 4.39 Å². The molecule has 4 aromatic carbocycles. The Morgan fingerprint density at radius 1 is 0.816 bits per heavy atom. The predicted molar refractivity (Wildman–Crippen MR) is 213 cm³/mol. The van der Waals surface area contributed by atoms with Crippen LogP contribution in [-0.4, -0.2) is 19.4 Å². The maximum absolute atomic E-state index is 13.4. The van der Waals surface area contributed by atoms with Gasteiger partial charge in [-0.1, -0.05) is 124 Å². The van der Waals surface area contributed by atoms with Crippen molar-refractivity contribution < 1.29 is 4.39 Å². The smallest absolute Gasteiger partial charge is 0.123 e. The second-order valence-electron chi connectivity index (χ2n) is 11.3. The monoisotopic (exact) mass is 674 g/mol. The molecule has 4 rings (SSSR count). The highest BCUT2D eigenvalue weighted by molar-refractivity contribution is 7.56. The van der Waals surface area contributed by atoms with E-state index in [1.165, 1.54) is 46.8 Å². The molecule has 0 radical (unpaired) electrons. The van der Waals surface area contributed by atoms with Crippen LogP contribution in [0.4, 0.5) is 10.1 Å². The van der Waals surface area contributed by atoms with E-state index in [0.717, 1.165) is 37.1 Å². The van der Waals surface area contributed by atoms with E-state index in [1.54, 1.807) is 12.1 Å². The van der Waals surface area contributed by atoms with Crippen molar-refractivity contribution >= 4 is 13.6 Å². The number of hydrogen-bond donors (Lipinski definition) is 4. The molecule has 0 fully saturated rings. The molecule has 0 saturated heterocycles. The van der Waals surface area contributed by atoms with E-state index in [4.69, 9.17) is 0 Å². The number of halogens is 1. The molecule has 0 heterocycles. The molecule has 0 amide bonds. The van der Waals surface area contributed by atoms with Gasteiger partial charge in [-0.25, -0.2) is 4.39 Å². The van der Waals surface area contributed by atoms with E-state index in [1.807, 2.05) is 25.2 Å². The molecule has 0 saturated carbocycles. The van der Waals surface area contributed by atoms with Crippen LogP contribution in [0.3, 0.4) is 0 Å². The van der Waals surface area contributed by atoms with Crippen LogP contribution >= 0.6 is 7.92 Å². The summed E-state index contributed by atoms with van der Waals surface area (Å²) in [4.78, 5) is 0. The third-order valence-electron chi connectivity index (χ3n) is 7.12. The van der Waals surface area contributed by atoms with Gasteiger partial charge in [0.2, 0.25) is 0 Å². The molecule has 4 nitrogen and oxygen atoms in total. The maximum Gasteiger partial charge on any atom is 0.123 e. The highest BCUT2D eigenvalue weighted by Gasteiger charge is 2.15. The van der Waals surface area contributed by atoms with E-state index in [-0.39, 0.29) is 19.8 Å². The summed E-state index contributed by atoms with van der Waals surface area (Å²) in [6.07, 6.45) is 13.2. The fourth-order valence-electron chi connectivity index (χ4n) is 4.97. The molecule has 49 heavy (non-hydrogen) atoms. The largest absolute Gasteiger partial charge is 0.405 e. The SMILES string of the molecule is C/C=C/C=C/C(Cc1cccc(C#CCCc2cccc(C(NCc3ccccc3)P(C)C)c2)c1)Nc1ccc(F)cc1.C=CN.C=CN. The summed E-state index contributed by atoms with van der Waals surface area (Å²) in [6.45, 7) is 13.8. The van der Waals surface area contributed by atoms with Crippen molar-refractivity contribution in [2.75, 3.05) is 18.6 Å². The van der Waals surface area contributed by atoms with Gasteiger partial charge in [-0.15, -0.1) is 0 Å². The van der Waals surface area contributed by atoms with Gasteiger partial charge in [-0.2, -0.15) is 0 Å². The van der Waals surface area contributed by atoms with Gasteiger partial charge in [0.05, 0.1) is 5.78 Å².